The number of primary sulfonamides is 1. The predicted octanol–water partition coefficient (Wildman–Crippen LogP) is 1.83. The number of nitrogens with zero attached hydrogens (tertiary/aromatic N) is 1. The second kappa shape index (κ2) is 7.47. The van der Waals surface area contributed by atoms with Crippen LogP contribution in [0.1, 0.15) is 11.3 Å². The van der Waals surface area contributed by atoms with Crippen LogP contribution in [-0.2, 0) is 26.2 Å². The molecule has 0 aliphatic carbocycles. The molecular formula is C16H16BrN3O4S2. The van der Waals surface area contributed by atoms with Crippen LogP contribution in [0.5, 0.6) is 0 Å². The average Bonchev–Trinajstić information content (AvgIpc) is 3.19. The Morgan fingerprint density at radius 2 is 2.12 bits per heavy atom. The van der Waals surface area contributed by atoms with Gasteiger partial charge in [0.15, 0.2) is 0 Å². The van der Waals surface area contributed by atoms with Gasteiger partial charge in [-0.25, -0.2) is 13.6 Å². The number of nitrogens with two attached hydrogens (primary N) is 1. The summed E-state index contributed by atoms with van der Waals surface area (Å²) in [5.41, 5.74) is 0.746. The molecule has 2 heterocycles. The van der Waals surface area contributed by atoms with E-state index in [1.807, 2.05) is 24.3 Å². The van der Waals surface area contributed by atoms with E-state index in [4.69, 9.17) is 5.14 Å². The Kier molecular flexibility index (Phi) is 5.47. The van der Waals surface area contributed by atoms with Gasteiger partial charge in [-0.1, -0.05) is 22.0 Å². The summed E-state index contributed by atoms with van der Waals surface area (Å²) < 4.78 is 23.5. The Bertz CT molecular complexity index is 958. The van der Waals surface area contributed by atoms with Crippen molar-refractivity contribution >= 4 is 54.8 Å². The number of carbonyl (C=O) groups excluding carboxylic acids is 2. The summed E-state index contributed by atoms with van der Waals surface area (Å²) in [6.07, 6.45) is 0.435. The number of halogens is 1. The molecule has 1 aromatic carbocycles. The molecule has 1 aliphatic heterocycles. The Morgan fingerprint density at radius 3 is 2.77 bits per heavy atom. The Balaban J connectivity index is 1.62. The lowest BCUT2D eigenvalue weighted by Gasteiger charge is -2.17. The van der Waals surface area contributed by atoms with Crippen LogP contribution in [0, 0.1) is 5.92 Å². The third-order valence-corrected chi connectivity index (χ3v) is 7.01. The van der Waals surface area contributed by atoms with E-state index < -0.39 is 15.9 Å². The van der Waals surface area contributed by atoms with Crippen molar-refractivity contribution in [1.82, 2.24) is 5.32 Å². The second-order valence-corrected chi connectivity index (χ2v) is 9.67. The molecule has 138 valence electrons. The molecule has 1 aromatic heterocycles. The van der Waals surface area contributed by atoms with Crippen molar-refractivity contribution in [1.29, 1.82) is 0 Å². The fraction of sp³-hybridized carbons (Fsp3) is 0.250. The maximum atomic E-state index is 12.6. The van der Waals surface area contributed by atoms with Gasteiger partial charge in [0.1, 0.15) is 10.1 Å². The summed E-state index contributed by atoms with van der Waals surface area (Å²) in [5, 5.41) is 7.77. The zero-order valence-electron chi connectivity index (χ0n) is 13.5. The fourth-order valence-corrected chi connectivity index (χ4v) is 4.83. The highest BCUT2D eigenvalue weighted by molar-refractivity contribution is 9.10. The van der Waals surface area contributed by atoms with Gasteiger partial charge in [-0.05, 0) is 36.8 Å². The topological polar surface area (TPSA) is 110 Å². The lowest BCUT2D eigenvalue weighted by Crippen LogP contribution is -2.36. The van der Waals surface area contributed by atoms with Crippen LogP contribution < -0.4 is 15.4 Å². The summed E-state index contributed by atoms with van der Waals surface area (Å²) in [4.78, 5) is 27.2. The molecule has 0 saturated carbocycles. The van der Waals surface area contributed by atoms with E-state index in [2.05, 4.69) is 21.2 Å². The summed E-state index contributed by atoms with van der Waals surface area (Å²) >= 11 is 4.37. The number of benzene rings is 1. The number of hydrogen-bond donors (Lipinski definition) is 2. The first-order valence-electron chi connectivity index (χ1n) is 7.72. The summed E-state index contributed by atoms with van der Waals surface area (Å²) in [7, 11) is -3.75. The number of rotatable bonds is 5. The highest BCUT2D eigenvalue weighted by atomic mass is 79.9. The molecule has 7 nitrogen and oxygen atoms in total. The molecule has 1 unspecified atom stereocenters. The first-order valence-corrected chi connectivity index (χ1v) is 10.9. The van der Waals surface area contributed by atoms with E-state index in [1.54, 1.807) is 11.0 Å². The lowest BCUT2D eigenvalue weighted by molar-refractivity contribution is -0.132. The molecule has 2 aromatic rings. The predicted molar refractivity (Wildman–Crippen MR) is 102 cm³/mol. The highest BCUT2D eigenvalue weighted by Crippen LogP contribution is 2.27. The molecule has 26 heavy (non-hydrogen) atoms. The molecule has 10 heteroatoms. The van der Waals surface area contributed by atoms with E-state index in [-0.39, 0.29) is 22.6 Å². The van der Waals surface area contributed by atoms with Gasteiger partial charge in [-0.3, -0.25) is 9.59 Å². The molecule has 0 bridgehead atoms. The summed E-state index contributed by atoms with van der Waals surface area (Å²) in [6, 6.07) is 10.3. The number of thiophene rings is 1. The monoisotopic (exact) mass is 457 g/mol. The average molecular weight is 458 g/mol. The minimum atomic E-state index is -3.75. The second-order valence-electron chi connectivity index (χ2n) is 5.79. The Labute approximate surface area is 163 Å². The minimum Gasteiger partial charge on any atom is -0.351 e. The van der Waals surface area contributed by atoms with Gasteiger partial charge in [-0.15, -0.1) is 11.3 Å². The van der Waals surface area contributed by atoms with E-state index in [9.17, 15) is 18.0 Å². The molecule has 1 fully saturated rings. The first kappa shape index (κ1) is 19.0. The number of hydrogen-bond acceptors (Lipinski definition) is 5. The molecular weight excluding hydrogens is 442 g/mol. The van der Waals surface area contributed by atoms with Crippen LogP contribution in [-0.4, -0.2) is 26.8 Å². The van der Waals surface area contributed by atoms with Crippen LogP contribution in [0.25, 0.3) is 0 Å². The van der Waals surface area contributed by atoms with Gasteiger partial charge in [-0.2, -0.15) is 0 Å². The fourth-order valence-electron chi connectivity index (χ4n) is 2.73. The SMILES string of the molecule is NS(=O)(=O)c1ccc(CNC(=O)C2CCN(c3cccc(Br)c3)C2=O)s1. The zero-order chi connectivity index (χ0) is 18.9. The first-order chi connectivity index (χ1) is 12.3. The van der Waals surface area contributed by atoms with Crippen LogP contribution in [0.4, 0.5) is 5.69 Å². The van der Waals surface area contributed by atoms with Gasteiger partial charge in [0.05, 0.1) is 6.54 Å². The molecule has 1 aliphatic rings. The van der Waals surface area contributed by atoms with Crippen molar-refractivity contribution in [2.75, 3.05) is 11.4 Å². The van der Waals surface area contributed by atoms with Crippen molar-refractivity contribution < 1.29 is 18.0 Å². The van der Waals surface area contributed by atoms with Gasteiger partial charge in [0, 0.05) is 21.6 Å². The van der Waals surface area contributed by atoms with Crippen molar-refractivity contribution in [2.24, 2.45) is 11.1 Å². The normalized spacial score (nSPS) is 17.5. The van der Waals surface area contributed by atoms with Crippen molar-refractivity contribution in [3.63, 3.8) is 0 Å². The molecule has 1 atom stereocenters. The van der Waals surface area contributed by atoms with Crippen LogP contribution in [0.3, 0.4) is 0 Å². The molecule has 0 radical (unpaired) electrons. The molecule has 2 amide bonds. The highest BCUT2D eigenvalue weighted by Gasteiger charge is 2.37. The van der Waals surface area contributed by atoms with Crippen molar-refractivity contribution in [3.8, 4) is 0 Å². The van der Waals surface area contributed by atoms with Gasteiger partial charge in [0.2, 0.25) is 21.8 Å². The number of sulfonamides is 1. The van der Waals surface area contributed by atoms with Gasteiger partial charge in [0.25, 0.3) is 0 Å². The van der Waals surface area contributed by atoms with Crippen molar-refractivity contribution in [3.05, 3.63) is 45.7 Å². The molecule has 1 saturated heterocycles. The van der Waals surface area contributed by atoms with Crippen LogP contribution >= 0.6 is 27.3 Å². The Hall–Kier alpha value is -1.75. The summed E-state index contributed by atoms with van der Waals surface area (Å²) in [5.74, 6) is -1.35. The van der Waals surface area contributed by atoms with E-state index in [1.165, 1.54) is 6.07 Å². The van der Waals surface area contributed by atoms with E-state index >= 15 is 0 Å². The van der Waals surface area contributed by atoms with Gasteiger partial charge >= 0.3 is 0 Å². The standard InChI is InChI=1S/C16H16BrN3O4S2/c17-10-2-1-3-11(8-10)20-7-6-13(16(20)22)15(21)19-9-12-4-5-14(25-12)26(18,23)24/h1-5,8,13H,6-7,9H2,(H,19,21)(H2,18,23,24). The largest absolute Gasteiger partial charge is 0.351 e. The third kappa shape index (κ3) is 4.14. The zero-order valence-corrected chi connectivity index (χ0v) is 16.7. The third-order valence-electron chi connectivity index (χ3n) is 4.00. The summed E-state index contributed by atoms with van der Waals surface area (Å²) in [6.45, 7) is 0.627. The quantitative estimate of drug-likeness (QED) is 0.667. The number of amides is 2. The smallest absolute Gasteiger partial charge is 0.247 e. The van der Waals surface area contributed by atoms with Gasteiger partial charge < -0.3 is 10.2 Å². The van der Waals surface area contributed by atoms with E-state index in [0.717, 1.165) is 21.5 Å². The number of anilines is 1. The number of carbonyl (C=O) groups is 2. The molecule has 3 N–H and O–H groups in total. The van der Waals surface area contributed by atoms with Crippen LogP contribution in [0.2, 0.25) is 0 Å². The molecule has 0 spiro atoms. The maximum Gasteiger partial charge on any atom is 0.247 e. The Morgan fingerprint density at radius 1 is 1.35 bits per heavy atom. The molecule has 3 rings (SSSR count). The minimum absolute atomic E-state index is 0.0412. The lowest BCUT2D eigenvalue weighted by atomic mass is 10.1. The maximum absolute atomic E-state index is 12.6. The van der Waals surface area contributed by atoms with Crippen LogP contribution in [0.15, 0.2) is 45.1 Å². The number of nitrogens with one attached hydrogen (secondary N) is 1. The van der Waals surface area contributed by atoms with E-state index in [0.29, 0.717) is 17.8 Å². The van der Waals surface area contributed by atoms with Crippen molar-refractivity contribution in [2.45, 2.75) is 17.2 Å².